The Bertz CT molecular complexity index is 352. The molecule has 0 aromatic heterocycles. The van der Waals surface area contributed by atoms with Crippen LogP contribution in [0.5, 0.6) is 0 Å². The van der Waals surface area contributed by atoms with Gasteiger partial charge in [-0.05, 0) is 42.9 Å². The summed E-state index contributed by atoms with van der Waals surface area (Å²) in [5, 5.41) is 9.25. The summed E-state index contributed by atoms with van der Waals surface area (Å²) in [5.74, 6) is -0.757. The predicted molar refractivity (Wildman–Crippen MR) is 63.8 cm³/mol. The first kappa shape index (κ1) is 12.4. The van der Waals surface area contributed by atoms with E-state index in [1.54, 1.807) is 11.8 Å². The normalized spacial score (nSPS) is 10.3. The third kappa shape index (κ3) is 4.14. The van der Waals surface area contributed by atoms with Crippen LogP contribution in [0.25, 0.3) is 0 Å². The smallest absolute Gasteiger partial charge is 0.303 e. The first-order valence-corrected chi connectivity index (χ1v) is 6.28. The highest BCUT2D eigenvalue weighted by molar-refractivity contribution is 7.98. The molecule has 0 saturated carbocycles. The Kier molecular flexibility index (Phi) is 4.99. The number of benzene rings is 1. The molecule has 0 heterocycles. The quantitative estimate of drug-likeness (QED) is 0.806. The Morgan fingerprint density at radius 3 is 2.87 bits per heavy atom. The van der Waals surface area contributed by atoms with Crippen molar-refractivity contribution in [2.24, 2.45) is 0 Å². The summed E-state index contributed by atoms with van der Waals surface area (Å²) >= 11 is 7.67. The minimum absolute atomic E-state index is 0.194. The van der Waals surface area contributed by atoms with Gasteiger partial charge in [0.2, 0.25) is 0 Å². The van der Waals surface area contributed by atoms with E-state index in [1.165, 1.54) is 0 Å². The van der Waals surface area contributed by atoms with Crippen LogP contribution in [0.15, 0.2) is 23.1 Å². The molecule has 4 heteroatoms. The average molecular weight is 245 g/mol. The van der Waals surface area contributed by atoms with Gasteiger partial charge in [0.15, 0.2) is 0 Å². The van der Waals surface area contributed by atoms with Gasteiger partial charge in [0.25, 0.3) is 0 Å². The summed E-state index contributed by atoms with van der Waals surface area (Å²) in [7, 11) is 0. The number of halogens is 1. The number of carboxylic acids is 1. The highest BCUT2D eigenvalue weighted by Gasteiger charge is 2.03. The van der Waals surface area contributed by atoms with Gasteiger partial charge in [-0.2, -0.15) is 0 Å². The van der Waals surface area contributed by atoms with E-state index in [0.29, 0.717) is 6.42 Å². The standard InChI is InChI=1S/C11H13ClO2S/c1-15-9-5-6-10(12)8(7-9)3-2-4-11(13)14/h5-7H,2-4H2,1H3,(H,13,14). The van der Waals surface area contributed by atoms with Gasteiger partial charge in [-0.3, -0.25) is 4.79 Å². The molecule has 15 heavy (non-hydrogen) atoms. The average Bonchev–Trinajstić information content (AvgIpc) is 2.20. The summed E-state index contributed by atoms with van der Waals surface area (Å²) in [5.41, 5.74) is 1.03. The van der Waals surface area contributed by atoms with Gasteiger partial charge in [0.05, 0.1) is 0 Å². The summed E-state index contributed by atoms with van der Waals surface area (Å²) in [6, 6.07) is 5.85. The van der Waals surface area contributed by atoms with Crippen LogP contribution in [0.4, 0.5) is 0 Å². The third-order valence-corrected chi connectivity index (χ3v) is 3.18. The van der Waals surface area contributed by atoms with E-state index in [4.69, 9.17) is 16.7 Å². The van der Waals surface area contributed by atoms with E-state index in [2.05, 4.69) is 0 Å². The van der Waals surface area contributed by atoms with Crippen molar-refractivity contribution in [2.75, 3.05) is 6.26 Å². The van der Waals surface area contributed by atoms with Crippen molar-refractivity contribution < 1.29 is 9.90 Å². The summed E-state index contributed by atoms with van der Waals surface area (Å²) in [4.78, 5) is 11.5. The predicted octanol–water partition coefficient (Wildman–Crippen LogP) is 3.47. The van der Waals surface area contributed by atoms with E-state index < -0.39 is 5.97 Å². The molecule has 0 amide bonds. The fourth-order valence-electron chi connectivity index (χ4n) is 1.30. The zero-order valence-electron chi connectivity index (χ0n) is 8.50. The Balaban J connectivity index is 2.62. The van der Waals surface area contributed by atoms with Crippen molar-refractivity contribution in [3.8, 4) is 0 Å². The molecule has 1 aromatic carbocycles. The van der Waals surface area contributed by atoms with E-state index in [-0.39, 0.29) is 6.42 Å². The second-order valence-electron chi connectivity index (χ2n) is 3.20. The van der Waals surface area contributed by atoms with Crippen molar-refractivity contribution in [1.29, 1.82) is 0 Å². The van der Waals surface area contributed by atoms with Gasteiger partial charge in [-0.1, -0.05) is 11.6 Å². The molecular weight excluding hydrogens is 232 g/mol. The summed E-state index contributed by atoms with van der Waals surface area (Å²) < 4.78 is 0. The molecule has 0 radical (unpaired) electrons. The van der Waals surface area contributed by atoms with Crippen LogP contribution in [0.1, 0.15) is 18.4 Å². The number of carboxylic acid groups (broad SMARTS) is 1. The van der Waals surface area contributed by atoms with Crippen molar-refractivity contribution in [2.45, 2.75) is 24.2 Å². The molecule has 0 aliphatic carbocycles. The van der Waals surface area contributed by atoms with Crippen molar-refractivity contribution in [3.63, 3.8) is 0 Å². The lowest BCUT2D eigenvalue weighted by molar-refractivity contribution is -0.137. The summed E-state index contributed by atoms with van der Waals surface area (Å²) in [6.45, 7) is 0. The fraction of sp³-hybridized carbons (Fsp3) is 0.364. The van der Waals surface area contributed by atoms with Crippen molar-refractivity contribution in [1.82, 2.24) is 0 Å². The van der Waals surface area contributed by atoms with Gasteiger partial charge < -0.3 is 5.11 Å². The Morgan fingerprint density at radius 1 is 1.53 bits per heavy atom. The zero-order valence-corrected chi connectivity index (χ0v) is 10.1. The maximum absolute atomic E-state index is 10.4. The number of carbonyl (C=O) groups is 1. The molecular formula is C11H13ClO2S. The number of hydrogen-bond donors (Lipinski definition) is 1. The molecule has 0 aliphatic rings. The second kappa shape index (κ2) is 6.03. The minimum atomic E-state index is -0.757. The van der Waals surface area contributed by atoms with Gasteiger partial charge in [0, 0.05) is 16.3 Å². The monoisotopic (exact) mass is 244 g/mol. The maximum Gasteiger partial charge on any atom is 0.303 e. The molecule has 1 rings (SSSR count). The number of aryl methyl sites for hydroxylation is 1. The highest BCUT2D eigenvalue weighted by Crippen LogP contribution is 2.24. The maximum atomic E-state index is 10.4. The highest BCUT2D eigenvalue weighted by atomic mass is 35.5. The number of hydrogen-bond acceptors (Lipinski definition) is 2. The van der Waals surface area contributed by atoms with Crippen LogP contribution >= 0.6 is 23.4 Å². The molecule has 0 saturated heterocycles. The molecule has 0 aliphatic heterocycles. The van der Waals surface area contributed by atoms with Crippen LogP contribution in [0, 0.1) is 0 Å². The van der Waals surface area contributed by atoms with Crippen LogP contribution < -0.4 is 0 Å². The summed E-state index contributed by atoms with van der Waals surface area (Å²) in [6.07, 6.45) is 3.55. The van der Waals surface area contributed by atoms with Crippen LogP contribution in [0.3, 0.4) is 0 Å². The molecule has 0 fully saturated rings. The van der Waals surface area contributed by atoms with Crippen LogP contribution in [0.2, 0.25) is 5.02 Å². The van der Waals surface area contributed by atoms with Gasteiger partial charge in [0.1, 0.15) is 0 Å². The molecule has 0 bridgehead atoms. The molecule has 2 nitrogen and oxygen atoms in total. The molecule has 0 atom stereocenters. The SMILES string of the molecule is CSc1ccc(Cl)c(CCCC(=O)O)c1. The second-order valence-corrected chi connectivity index (χ2v) is 4.49. The molecule has 0 spiro atoms. The van der Waals surface area contributed by atoms with Gasteiger partial charge >= 0.3 is 5.97 Å². The lowest BCUT2D eigenvalue weighted by Gasteiger charge is -2.05. The molecule has 1 aromatic rings. The fourth-order valence-corrected chi connectivity index (χ4v) is 1.98. The van der Waals surface area contributed by atoms with Crippen LogP contribution in [-0.2, 0) is 11.2 Å². The van der Waals surface area contributed by atoms with Crippen molar-refractivity contribution in [3.05, 3.63) is 28.8 Å². The number of thioether (sulfide) groups is 1. The first-order valence-electron chi connectivity index (χ1n) is 4.67. The first-order chi connectivity index (χ1) is 7.13. The van der Waals surface area contributed by atoms with Crippen molar-refractivity contribution >= 4 is 29.3 Å². The van der Waals surface area contributed by atoms with E-state index >= 15 is 0 Å². The molecule has 82 valence electrons. The topological polar surface area (TPSA) is 37.3 Å². The van der Waals surface area contributed by atoms with E-state index in [9.17, 15) is 4.79 Å². The Labute approximate surface area is 98.6 Å². The largest absolute Gasteiger partial charge is 0.481 e. The molecule has 1 N–H and O–H groups in total. The number of rotatable bonds is 5. The van der Waals surface area contributed by atoms with Gasteiger partial charge in [-0.15, -0.1) is 11.8 Å². The van der Waals surface area contributed by atoms with E-state index in [0.717, 1.165) is 21.9 Å². The number of aliphatic carboxylic acids is 1. The van der Waals surface area contributed by atoms with Gasteiger partial charge in [-0.25, -0.2) is 0 Å². The lowest BCUT2D eigenvalue weighted by Crippen LogP contribution is -1.96. The minimum Gasteiger partial charge on any atom is -0.481 e. The van der Waals surface area contributed by atoms with Crippen LogP contribution in [-0.4, -0.2) is 17.3 Å². The Morgan fingerprint density at radius 2 is 2.27 bits per heavy atom. The van der Waals surface area contributed by atoms with E-state index in [1.807, 2.05) is 24.5 Å². The lowest BCUT2D eigenvalue weighted by atomic mass is 10.1. The third-order valence-electron chi connectivity index (χ3n) is 2.09. The molecule has 0 unspecified atom stereocenters. The Hall–Kier alpha value is -0.670. The zero-order chi connectivity index (χ0) is 11.3.